The number of sulfonamides is 1. The Balaban J connectivity index is 1.93. The van der Waals surface area contributed by atoms with E-state index >= 15 is 0 Å². The number of anilines is 1. The van der Waals surface area contributed by atoms with Crippen LogP contribution in [0.4, 0.5) is 5.69 Å². The van der Waals surface area contributed by atoms with Crippen LogP contribution in [0.3, 0.4) is 0 Å². The number of hydrazine groups is 1. The quantitative estimate of drug-likeness (QED) is 0.201. The molecule has 0 saturated carbocycles. The second-order valence-electron chi connectivity index (χ2n) is 6.92. The van der Waals surface area contributed by atoms with E-state index in [1.54, 1.807) is 30.3 Å². The topological polar surface area (TPSA) is 108 Å². The molecule has 3 aromatic rings. The summed E-state index contributed by atoms with van der Waals surface area (Å²) in [5.41, 5.74) is 3.04. The Labute approximate surface area is 202 Å². The van der Waals surface area contributed by atoms with E-state index in [1.165, 1.54) is 62.9 Å². The Hall–Kier alpha value is -3.76. The molecule has 0 bridgehead atoms. The number of hydrazone groups is 1. The van der Waals surface area contributed by atoms with Crippen LogP contribution in [0.1, 0.15) is 5.56 Å². The summed E-state index contributed by atoms with van der Waals surface area (Å²) in [6, 6.07) is 18.8. The van der Waals surface area contributed by atoms with Gasteiger partial charge in [-0.3, -0.25) is 14.3 Å². The number of amides is 1. The van der Waals surface area contributed by atoms with Crippen LogP contribution >= 0.6 is 11.6 Å². The number of hydrogen-bond donors (Lipinski definition) is 2. The third-order valence-corrected chi connectivity index (χ3v) is 6.68. The summed E-state index contributed by atoms with van der Waals surface area (Å²) >= 11 is 5.95. The van der Waals surface area contributed by atoms with Gasteiger partial charge in [-0.1, -0.05) is 35.2 Å². The molecule has 0 aliphatic rings. The summed E-state index contributed by atoms with van der Waals surface area (Å²) in [6.45, 7) is -0.627. The van der Waals surface area contributed by atoms with Crippen molar-refractivity contribution in [3.8, 4) is 11.5 Å². The zero-order valence-corrected chi connectivity index (χ0v) is 20.0. The lowest BCUT2D eigenvalue weighted by molar-refractivity contribution is -0.804. The molecule has 11 heteroatoms. The van der Waals surface area contributed by atoms with Gasteiger partial charge in [0.25, 0.3) is 22.1 Å². The number of carbonyl (C=O) groups is 1. The number of nitrogens with zero attached hydrogens (tertiary/aromatic N) is 2. The molecule has 0 aliphatic carbocycles. The molecule has 0 spiro atoms. The highest BCUT2D eigenvalue weighted by Crippen LogP contribution is 2.32. The average molecular weight is 505 g/mol. The minimum absolute atomic E-state index is 0.121. The smallest absolute Gasteiger partial charge is 0.299 e. The first-order chi connectivity index (χ1) is 16.2. The van der Waals surface area contributed by atoms with Crippen molar-refractivity contribution >= 4 is 39.4 Å². The molecule has 178 valence electrons. The van der Waals surface area contributed by atoms with Gasteiger partial charge in [0.1, 0.15) is 6.54 Å². The van der Waals surface area contributed by atoms with Crippen molar-refractivity contribution in [1.29, 1.82) is 0 Å². The molecule has 0 aromatic heterocycles. The lowest BCUT2D eigenvalue weighted by Crippen LogP contribution is -2.44. The molecule has 3 rings (SSSR count). The second-order valence-corrected chi connectivity index (χ2v) is 9.22. The maximum Gasteiger partial charge on any atom is 0.299 e. The molecule has 1 amide bonds. The van der Waals surface area contributed by atoms with E-state index in [0.29, 0.717) is 21.2 Å². The molecule has 0 atom stereocenters. The van der Waals surface area contributed by atoms with Crippen molar-refractivity contribution in [1.82, 2.24) is 5.43 Å². The fourth-order valence-corrected chi connectivity index (χ4v) is 4.60. The number of benzene rings is 3. The Morgan fingerprint density at radius 1 is 1.03 bits per heavy atom. The van der Waals surface area contributed by atoms with Crippen molar-refractivity contribution < 1.29 is 32.7 Å². The largest absolute Gasteiger partial charge is 0.493 e. The highest BCUT2D eigenvalue weighted by atomic mass is 35.5. The maximum absolute atomic E-state index is 13.5. The molecule has 9 nitrogen and oxygen atoms in total. The van der Waals surface area contributed by atoms with Crippen LogP contribution in [0.2, 0.25) is 5.02 Å². The number of hydrogen-bond acceptors (Lipinski definition) is 6. The van der Waals surface area contributed by atoms with Crippen LogP contribution in [-0.2, 0) is 14.8 Å². The summed E-state index contributed by atoms with van der Waals surface area (Å²) in [4.78, 5) is 13.0. The van der Waals surface area contributed by atoms with Gasteiger partial charge in [0.05, 0.1) is 29.7 Å². The number of halogens is 1. The first-order valence-electron chi connectivity index (χ1n) is 9.92. The number of carbonyl (C=O) groups excluding carboxylic acids is 1. The van der Waals surface area contributed by atoms with E-state index in [0.717, 1.165) is 4.31 Å². The van der Waals surface area contributed by atoms with Gasteiger partial charge < -0.3 is 9.47 Å². The molecular weight excluding hydrogens is 482 g/mol. The van der Waals surface area contributed by atoms with Crippen LogP contribution in [-0.4, -0.2) is 51.4 Å². The third kappa shape index (κ3) is 5.97. The number of rotatable bonds is 9. The molecular formula is C23H23ClN3O6S+. The number of methoxy groups -OCH3 is 2. The summed E-state index contributed by atoms with van der Waals surface area (Å²) in [5, 5.41) is 10.5. The Morgan fingerprint density at radius 2 is 1.68 bits per heavy atom. The van der Waals surface area contributed by atoms with E-state index < -0.39 is 22.5 Å². The van der Waals surface area contributed by atoms with E-state index in [9.17, 15) is 18.4 Å². The van der Waals surface area contributed by atoms with Gasteiger partial charge in [-0.2, -0.15) is 0 Å². The van der Waals surface area contributed by atoms with E-state index in [4.69, 9.17) is 21.1 Å². The molecule has 0 aliphatic heterocycles. The molecule has 2 N–H and O–H groups in total. The van der Waals surface area contributed by atoms with Crippen molar-refractivity contribution in [3.05, 3.63) is 83.4 Å². The molecule has 0 saturated heterocycles. The third-order valence-electron chi connectivity index (χ3n) is 4.66. The van der Waals surface area contributed by atoms with Crippen LogP contribution in [0.5, 0.6) is 11.5 Å². The lowest BCUT2D eigenvalue weighted by atomic mass is 10.2. The second kappa shape index (κ2) is 10.9. The average Bonchev–Trinajstić information content (AvgIpc) is 2.83. The normalized spacial score (nSPS) is 11.6. The van der Waals surface area contributed by atoms with E-state index in [1.807, 2.05) is 0 Å². The highest BCUT2D eigenvalue weighted by molar-refractivity contribution is 7.92. The van der Waals surface area contributed by atoms with Gasteiger partial charge in [-0.05, 0) is 48.5 Å². The van der Waals surface area contributed by atoms with Crippen LogP contribution in [0, 0.1) is 0 Å². The first-order valence-corrected chi connectivity index (χ1v) is 11.7. The predicted molar refractivity (Wildman–Crippen MR) is 127 cm³/mol. The summed E-state index contributed by atoms with van der Waals surface area (Å²) in [7, 11) is -1.41. The fraction of sp³-hybridized carbons (Fsp3) is 0.130. The van der Waals surface area contributed by atoms with Gasteiger partial charge in [-0.25, -0.2) is 8.42 Å². The van der Waals surface area contributed by atoms with E-state index in [2.05, 4.69) is 5.43 Å². The highest BCUT2D eigenvalue weighted by Gasteiger charge is 2.29. The SMILES string of the molecule is COc1ccc(S(=O)(=O)N(CC(=O)N[N+](O)=Cc2ccccc2)c2ccc(Cl)cc2)cc1OC. The van der Waals surface area contributed by atoms with Crippen molar-refractivity contribution in [3.63, 3.8) is 0 Å². The van der Waals surface area contributed by atoms with Gasteiger partial charge in [0, 0.05) is 16.7 Å². The summed E-state index contributed by atoms with van der Waals surface area (Å²) in [6.07, 6.45) is 1.27. The molecule has 3 aromatic carbocycles. The van der Waals surface area contributed by atoms with Crippen molar-refractivity contribution in [2.75, 3.05) is 25.1 Å². The summed E-state index contributed by atoms with van der Waals surface area (Å²) < 4.78 is 38.3. The predicted octanol–water partition coefficient (Wildman–Crippen LogP) is 3.10. The zero-order valence-electron chi connectivity index (χ0n) is 18.4. The van der Waals surface area contributed by atoms with Crippen LogP contribution < -0.4 is 19.2 Å². The van der Waals surface area contributed by atoms with Crippen molar-refractivity contribution in [2.45, 2.75) is 4.90 Å². The van der Waals surface area contributed by atoms with Crippen molar-refractivity contribution in [2.24, 2.45) is 0 Å². The molecule has 0 heterocycles. The number of ether oxygens (including phenoxy) is 2. The first kappa shape index (κ1) is 24.9. The van der Waals surface area contributed by atoms with E-state index in [-0.39, 0.29) is 16.3 Å². The lowest BCUT2D eigenvalue weighted by Gasteiger charge is -2.23. The van der Waals surface area contributed by atoms with Gasteiger partial charge >= 0.3 is 0 Å². The van der Waals surface area contributed by atoms with Crippen LogP contribution in [0.15, 0.2) is 77.7 Å². The minimum Gasteiger partial charge on any atom is -0.493 e. The Morgan fingerprint density at radius 3 is 2.29 bits per heavy atom. The maximum atomic E-state index is 13.5. The summed E-state index contributed by atoms with van der Waals surface area (Å²) in [5.74, 6) is -0.221. The molecule has 0 unspecified atom stereocenters. The number of nitrogens with one attached hydrogen (secondary N) is 1. The molecule has 34 heavy (non-hydrogen) atoms. The van der Waals surface area contributed by atoms with Gasteiger partial charge in [0.2, 0.25) is 0 Å². The Bertz CT molecular complexity index is 1280. The van der Waals surface area contributed by atoms with Gasteiger partial charge in [-0.15, -0.1) is 0 Å². The van der Waals surface area contributed by atoms with Crippen LogP contribution in [0.25, 0.3) is 0 Å². The standard InChI is InChI=1S/C23H22ClN3O6S/c1-32-21-13-12-20(14-22(21)33-2)34(30,31)26(19-10-8-18(24)9-11-19)16-23(28)25-27(29)15-17-6-4-3-5-7-17/h3-15H,16H2,1-2H3,(H-,25,28,29)/p+1. The zero-order chi connectivity index (χ0) is 24.7. The monoisotopic (exact) mass is 504 g/mol. The molecule has 0 radical (unpaired) electrons. The minimum atomic E-state index is -4.23. The molecule has 0 fully saturated rings. The Kier molecular flexibility index (Phi) is 7.98. The fourth-order valence-electron chi connectivity index (χ4n) is 3.03. The van der Waals surface area contributed by atoms with Gasteiger partial charge in [0.15, 0.2) is 11.5 Å².